The minimum absolute atomic E-state index is 0.0169. The van der Waals surface area contributed by atoms with Crippen molar-refractivity contribution in [2.45, 2.75) is 31.9 Å². The van der Waals surface area contributed by atoms with E-state index in [1.165, 1.54) is 16.6 Å². The van der Waals surface area contributed by atoms with Gasteiger partial charge < -0.3 is 13.8 Å². The third-order valence-corrected chi connectivity index (χ3v) is 5.18. The van der Waals surface area contributed by atoms with Crippen molar-refractivity contribution >= 4 is 11.2 Å². The summed E-state index contributed by atoms with van der Waals surface area (Å²) in [6, 6.07) is 8.33. The second-order valence-electron chi connectivity index (χ2n) is 7.29. The summed E-state index contributed by atoms with van der Waals surface area (Å²) in [7, 11) is 1.73. The van der Waals surface area contributed by atoms with Crippen molar-refractivity contribution in [3.63, 3.8) is 0 Å². The molecule has 1 aromatic carbocycles. The molecule has 10 heteroatoms. The van der Waals surface area contributed by atoms with Crippen molar-refractivity contribution in [3.8, 4) is 0 Å². The van der Waals surface area contributed by atoms with E-state index in [1.54, 1.807) is 11.6 Å². The summed E-state index contributed by atoms with van der Waals surface area (Å²) < 4.78 is 14.1. The van der Waals surface area contributed by atoms with Gasteiger partial charge in [0, 0.05) is 13.0 Å². The van der Waals surface area contributed by atoms with Gasteiger partial charge in [-0.05, 0) is 18.9 Å². The first kappa shape index (κ1) is 17.7. The van der Waals surface area contributed by atoms with Gasteiger partial charge in [0.1, 0.15) is 6.54 Å². The van der Waals surface area contributed by atoms with Gasteiger partial charge in [0.15, 0.2) is 11.3 Å². The summed E-state index contributed by atoms with van der Waals surface area (Å²) in [6.07, 6.45) is 2.33. The maximum absolute atomic E-state index is 12.6. The number of imidazole rings is 1. The molecule has 0 radical (unpaired) electrons. The van der Waals surface area contributed by atoms with Crippen molar-refractivity contribution < 1.29 is 9.26 Å². The van der Waals surface area contributed by atoms with E-state index in [1.807, 2.05) is 0 Å². The van der Waals surface area contributed by atoms with Crippen LogP contribution < -0.4 is 5.56 Å². The molecule has 3 aromatic heterocycles. The Morgan fingerprint density at radius 3 is 2.90 bits per heavy atom. The molecule has 0 bridgehead atoms. The fourth-order valence-corrected chi connectivity index (χ4v) is 3.55. The highest BCUT2D eigenvalue weighted by atomic mass is 16.5. The van der Waals surface area contributed by atoms with Gasteiger partial charge in [-0.3, -0.25) is 4.79 Å². The van der Waals surface area contributed by atoms with E-state index in [4.69, 9.17) is 9.26 Å². The van der Waals surface area contributed by atoms with Crippen LogP contribution in [0, 0.1) is 6.92 Å². The highest BCUT2D eigenvalue weighted by molar-refractivity contribution is 5.68. The molecule has 0 amide bonds. The maximum atomic E-state index is 12.6. The van der Waals surface area contributed by atoms with E-state index < -0.39 is 0 Å². The Morgan fingerprint density at radius 2 is 2.07 bits per heavy atom. The molecule has 4 heterocycles. The molecule has 0 saturated carbocycles. The predicted molar refractivity (Wildman–Crippen MR) is 101 cm³/mol. The SMILES string of the molecule is Cc1ccc([C@H]2C[C@H](c3noc(Cn4nnc5ncn(C)c5c4=O)n3)CO2)cc1. The normalized spacial score (nSPS) is 19.2. The van der Waals surface area contributed by atoms with E-state index in [0.717, 1.165) is 12.0 Å². The molecule has 0 N–H and O–H groups in total. The first-order valence-electron chi connectivity index (χ1n) is 9.34. The summed E-state index contributed by atoms with van der Waals surface area (Å²) in [6.45, 7) is 2.64. The van der Waals surface area contributed by atoms with E-state index in [2.05, 4.69) is 56.6 Å². The fraction of sp³-hybridized carbons (Fsp3) is 0.368. The number of hydrogen-bond donors (Lipinski definition) is 0. The number of benzene rings is 1. The minimum atomic E-state index is -0.307. The zero-order valence-electron chi connectivity index (χ0n) is 16.0. The standard InChI is InChI=1S/C19H19N7O3/c1-11-3-5-12(6-4-11)14-7-13(9-28-14)17-21-15(29-23-17)8-26-19(27)16-18(22-24-26)20-10-25(16)2/h3-6,10,13-14H,7-9H2,1-2H3/t13-,14+/m0/s1. The largest absolute Gasteiger partial charge is 0.373 e. The van der Waals surface area contributed by atoms with Gasteiger partial charge in [0.2, 0.25) is 11.5 Å². The smallest absolute Gasteiger partial charge is 0.296 e. The summed E-state index contributed by atoms with van der Waals surface area (Å²) in [5.74, 6) is 0.926. The van der Waals surface area contributed by atoms with Crippen LogP contribution in [0.25, 0.3) is 11.2 Å². The summed E-state index contributed by atoms with van der Waals surface area (Å²) >= 11 is 0. The summed E-state index contributed by atoms with van der Waals surface area (Å²) in [5.41, 5.74) is 2.75. The number of fused-ring (bicyclic) bond motifs is 1. The first-order valence-corrected chi connectivity index (χ1v) is 9.34. The van der Waals surface area contributed by atoms with Crippen LogP contribution in [-0.2, 0) is 18.3 Å². The molecule has 0 unspecified atom stereocenters. The van der Waals surface area contributed by atoms with Gasteiger partial charge in [-0.1, -0.05) is 40.2 Å². The van der Waals surface area contributed by atoms with E-state index >= 15 is 0 Å². The van der Waals surface area contributed by atoms with Crippen molar-refractivity contribution in [2.75, 3.05) is 6.61 Å². The number of hydrogen-bond acceptors (Lipinski definition) is 8. The molecule has 5 rings (SSSR count). The number of nitrogens with zero attached hydrogens (tertiary/aromatic N) is 7. The van der Waals surface area contributed by atoms with Crippen molar-refractivity contribution in [1.82, 2.24) is 34.7 Å². The minimum Gasteiger partial charge on any atom is -0.373 e. The Balaban J connectivity index is 1.32. The van der Waals surface area contributed by atoms with Crippen LogP contribution in [0.4, 0.5) is 0 Å². The maximum Gasteiger partial charge on any atom is 0.296 e. The highest BCUT2D eigenvalue weighted by Gasteiger charge is 2.31. The number of rotatable bonds is 4. The van der Waals surface area contributed by atoms with Crippen molar-refractivity contribution in [2.24, 2.45) is 7.05 Å². The van der Waals surface area contributed by atoms with Crippen LogP contribution in [0.5, 0.6) is 0 Å². The molecule has 4 aromatic rings. The Labute approximate surface area is 165 Å². The Hall–Kier alpha value is -3.40. The lowest BCUT2D eigenvalue weighted by Crippen LogP contribution is -2.26. The highest BCUT2D eigenvalue weighted by Crippen LogP contribution is 2.37. The lowest BCUT2D eigenvalue weighted by molar-refractivity contribution is 0.110. The average molecular weight is 393 g/mol. The second-order valence-corrected chi connectivity index (χ2v) is 7.29. The zero-order valence-corrected chi connectivity index (χ0v) is 16.0. The molecule has 0 aliphatic carbocycles. The van der Waals surface area contributed by atoms with Gasteiger partial charge in [-0.15, -0.1) is 5.10 Å². The molecule has 29 heavy (non-hydrogen) atoms. The fourth-order valence-electron chi connectivity index (χ4n) is 3.55. The van der Waals surface area contributed by atoms with Crippen LogP contribution >= 0.6 is 0 Å². The summed E-state index contributed by atoms with van der Waals surface area (Å²) in [4.78, 5) is 21.1. The van der Waals surface area contributed by atoms with Gasteiger partial charge in [-0.2, -0.15) is 9.67 Å². The molecule has 1 fully saturated rings. The molecule has 1 aliphatic rings. The zero-order chi connectivity index (χ0) is 20.0. The van der Waals surface area contributed by atoms with Gasteiger partial charge in [0.05, 0.1) is 19.0 Å². The topological polar surface area (TPSA) is 114 Å². The Kier molecular flexibility index (Phi) is 4.20. The molecule has 0 spiro atoms. The van der Waals surface area contributed by atoms with Crippen LogP contribution in [0.1, 0.15) is 41.3 Å². The van der Waals surface area contributed by atoms with E-state index in [0.29, 0.717) is 29.5 Å². The quantitative estimate of drug-likeness (QED) is 0.513. The van der Waals surface area contributed by atoms with Gasteiger partial charge in [0.25, 0.3) is 5.56 Å². The summed E-state index contributed by atoms with van der Waals surface area (Å²) in [5, 5.41) is 12.0. The third-order valence-electron chi connectivity index (χ3n) is 5.18. The Bertz CT molecular complexity index is 1220. The van der Waals surface area contributed by atoms with Gasteiger partial charge >= 0.3 is 0 Å². The van der Waals surface area contributed by atoms with E-state index in [-0.39, 0.29) is 24.1 Å². The van der Waals surface area contributed by atoms with Crippen LogP contribution in [0.15, 0.2) is 39.9 Å². The molecule has 1 aliphatic heterocycles. The lowest BCUT2D eigenvalue weighted by atomic mass is 9.99. The molecule has 2 atom stereocenters. The lowest BCUT2D eigenvalue weighted by Gasteiger charge is -2.09. The second kappa shape index (κ2) is 6.89. The molecule has 10 nitrogen and oxygen atoms in total. The molecular formula is C19H19N7O3. The molecular weight excluding hydrogens is 374 g/mol. The number of aromatic nitrogens is 7. The first-order chi connectivity index (χ1) is 14.1. The average Bonchev–Trinajstić information content (AvgIpc) is 3.45. The third kappa shape index (κ3) is 3.21. The van der Waals surface area contributed by atoms with E-state index in [9.17, 15) is 4.79 Å². The van der Waals surface area contributed by atoms with Crippen LogP contribution in [-0.4, -0.2) is 41.3 Å². The predicted octanol–water partition coefficient (Wildman–Crippen LogP) is 1.51. The van der Waals surface area contributed by atoms with Crippen molar-refractivity contribution in [3.05, 3.63) is 63.8 Å². The van der Waals surface area contributed by atoms with Crippen molar-refractivity contribution in [1.29, 1.82) is 0 Å². The van der Waals surface area contributed by atoms with Crippen LogP contribution in [0.2, 0.25) is 0 Å². The molecule has 148 valence electrons. The monoisotopic (exact) mass is 393 g/mol. The molecule has 1 saturated heterocycles. The number of ether oxygens (including phenoxy) is 1. The van der Waals surface area contributed by atoms with Gasteiger partial charge in [-0.25, -0.2) is 4.98 Å². The number of aryl methyl sites for hydroxylation is 2. The van der Waals surface area contributed by atoms with Crippen LogP contribution in [0.3, 0.4) is 0 Å². The Morgan fingerprint density at radius 1 is 1.24 bits per heavy atom.